The first-order chi connectivity index (χ1) is 8.11. The second kappa shape index (κ2) is 5.20. The maximum absolute atomic E-state index is 12.9. The maximum atomic E-state index is 12.9. The van der Waals surface area contributed by atoms with Gasteiger partial charge in [-0.15, -0.1) is 0 Å². The molecule has 6 heteroatoms. The lowest BCUT2D eigenvalue weighted by Crippen LogP contribution is -2.48. The number of nitrogens with one attached hydrogen (secondary N) is 1. The molecular weight excluding hydrogens is 244 g/mol. The normalized spacial score (nSPS) is 20.4. The van der Waals surface area contributed by atoms with Gasteiger partial charge in [-0.1, -0.05) is 0 Å². The van der Waals surface area contributed by atoms with Crippen molar-refractivity contribution < 1.29 is 23.5 Å². The van der Waals surface area contributed by atoms with Crippen LogP contribution < -0.4 is 5.32 Å². The van der Waals surface area contributed by atoms with Gasteiger partial charge in [0, 0.05) is 24.3 Å². The van der Waals surface area contributed by atoms with Gasteiger partial charge in [-0.2, -0.15) is 0 Å². The Labute approximate surface area is 105 Å². The van der Waals surface area contributed by atoms with Crippen molar-refractivity contribution in [2.45, 2.75) is 57.4 Å². The summed E-state index contributed by atoms with van der Waals surface area (Å²) in [6, 6.07) is 0. The van der Waals surface area contributed by atoms with E-state index in [1.54, 1.807) is 13.8 Å². The van der Waals surface area contributed by atoms with E-state index in [2.05, 4.69) is 5.32 Å². The zero-order valence-electron chi connectivity index (χ0n) is 10.6. The maximum Gasteiger partial charge on any atom is 0.305 e. The number of hydrogen-bond donors (Lipinski definition) is 2. The van der Waals surface area contributed by atoms with Crippen molar-refractivity contribution in [1.82, 2.24) is 5.32 Å². The van der Waals surface area contributed by atoms with E-state index in [1.807, 2.05) is 0 Å². The number of alkyl halides is 2. The minimum absolute atomic E-state index is 0.155. The van der Waals surface area contributed by atoms with Crippen LogP contribution in [0.4, 0.5) is 8.78 Å². The summed E-state index contributed by atoms with van der Waals surface area (Å²) in [4.78, 5) is 22.5. The fourth-order valence-electron chi connectivity index (χ4n) is 2.16. The molecule has 1 fully saturated rings. The van der Waals surface area contributed by atoms with E-state index in [0.29, 0.717) is 0 Å². The van der Waals surface area contributed by atoms with Crippen molar-refractivity contribution in [2.75, 3.05) is 0 Å². The molecule has 1 aliphatic rings. The summed E-state index contributed by atoms with van der Waals surface area (Å²) in [5.41, 5.74) is -0.858. The predicted molar refractivity (Wildman–Crippen MR) is 61.4 cm³/mol. The minimum Gasteiger partial charge on any atom is -0.481 e. The summed E-state index contributed by atoms with van der Waals surface area (Å²) < 4.78 is 25.9. The average Bonchev–Trinajstić information content (AvgIpc) is 2.13. The van der Waals surface area contributed by atoms with Crippen molar-refractivity contribution >= 4 is 11.9 Å². The van der Waals surface area contributed by atoms with Gasteiger partial charge >= 0.3 is 5.97 Å². The molecule has 0 atom stereocenters. The summed E-state index contributed by atoms with van der Waals surface area (Å²) in [5, 5.41) is 11.3. The molecule has 2 N–H and O–H groups in total. The van der Waals surface area contributed by atoms with Crippen molar-refractivity contribution in [3.63, 3.8) is 0 Å². The lowest BCUT2D eigenvalue weighted by Gasteiger charge is -2.31. The second-order valence-electron chi connectivity index (χ2n) is 5.57. The lowest BCUT2D eigenvalue weighted by molar-refractivity contribution is -0.139. The predicted octanol–water partition coefficient (Wildman–Crippen LogP) is 2.18. The van der Waals surface area contributed by atoms with Crippen LogP contribution in [-0.2, 0) is 9.59 Å². The second-order valence-corrected chi connectivity index (χ2v) is 5.57. The third kappa shape index (κ3) is 4.58. The Hall–Kier alpha value is -1.20. The van der Waals surface area contributed by atoms with Crippen molar-refractivity contribution in [2.24, 2.45) is 5.92 Å². The number of carbonyl (C=O) groups excluding carboxylic acids is 1. The minimum atomic E-state index is -2.66. The van der Waals surface area contributed by atoms with Crippen LogP contribution in [0.15, 0.2) is 0 Å². The monoisotopic (exact) mass is 263 g/mol. The van der Waals surface area contributed by atoms with Crippen molar-refractivity contribution in [3.8, 4) is 0 Å². The molecule has 1 amide bonds. The quantitative estimate of drug-likeness (QED) is 0.817. The van der Waals surface area contributed by atoms with Crippen molar-refractivity contribution in [3.05, 3.63) is 0 Å². The first-order valence-electron chi connectivity index (χ1n) is 6.03. The summed E-state index contributed by atoms with van der Waals surface area (Å²) in [7, 11) is 0. The molecule has 0 radical (unpaired) electrons. The molecule has 0 heterocycles. The number of carboxylic acids is 1. The topological polar surface area (TPSA) is 66.4 Å². The number of rotatable bonds is 4. The van der Waals surface area contributed by atoms with E-state index in [4.69, 9.17) is 5.11 Å². The largest absolute Gasteiger partial charge is 0.481 e. The molecule has 0 aliphatic heterocycles. The molecule has 1 saturated carbocycles. The summed E-state index contributed by atoms with van der Waals surface area (Å²) in [6.07, 6.45) is -0.430. The zero-order valence-corrected chi connectivity index (χ0v) is 10.6. The smallest absolute Gasteiger partial charge is 0.305 e. The molecule has 0 bridgehead atoms. The highest BCUT2D eigenvalue weighted by Crippen LogP contribution is 2.36. The fourth-order valence-corrected chi connectivity index (χ4v) is 2.16. The van der Waals surface area contributed by atoms with Crippen LogP contribution in [0, 0.1) is 5.92 Å². The standard InChI is InChI=1S/C12H19F2NO3/c1-11(2,7-9(16)17)15-10(18)8-3-5-12(13,14)6-4-8/h8H,3-7H2,1-2H3,(H,15,18)(H,16,17). The lowest BCUT2D eigenvalue weighted by atomic mass is 9.85. The summed E-state index contributed by atoms with van der Waals surface area (Å²) in [6.45, 7) is 3.22. The van der Waals surface area contributed by atoms with Crippen molar-refractivity contribution in [1.29, 1.82) is 0 Å². The average molecular weight is 263 g/mol. The Morgan fingerprint density at radius 3 is 2.28 bits per heavy atom. The first kappa shape index (κ1) is 14.9. The van der Waals surface area contributed by atoms with Crippen LogP contribution in [0.1, 0.15) is 46.0 Å². The van der Waals surface area contributed by atoms with Crippen LogP contribution in [-0.4, -0.2) is 28.4 Å². The van der Waals surface area contributed by atoms with Crippen LogP contribution >= 0.6 is 0 Å². The summed E-state index contributed by atoms with van der Waals surface area (Å²) in [5.74, 6) is -4.42. The molecule has 0 spiro atoms. The van der Waals surface area contributed by atoms with Gasteiger partial charge < -0.3 is 10.4 Å². The number of halogens is 2. The molecule has 104 valence electrons. The van der Waals surface area contributed by atoms with Gasteiger partial charge in [-0.3, -0.25) is 9.59 Å². The Bertz CT molecular complexity index is 332. The molecule has 0 saturated heterocycles. The molecule has 4 nitrogen and oxygen atoms in total. The molecule has 0 aromatic heterocycles. The molecule has 1 aliphatic carbocycles. The van der Waals surface area contributed by atoms with E-state index in [9.17, 15) is 18.4 Å². The van der Waals surface area contributed by atoms with Gasteiger partial charge in [-0.25, -0.2) is 8.78 Å². The summed E-state index contributed by atoms with van der Waals surface area (Å²) >= 11 is 0. The number of carboxylic acid groups (broad SMARTS) is 1. The Balaban J connectivity index is 2.49. The third-order valence-electron chi connectivity index (χ3n) is 3.14. The van der Waals surface area contributed by atoms with Gasteiger partial charge in [0.2, 0.25) is 11.8 Å². The molecular formula is C12H19F2NO3. The molecule has 0 aromatic rings. The number of amides is 1. The van der Waals surface area contributed by atoms with E-state index in [-0.39, 0.29) is 38.0 Å². The van der Waals surface area contributed by atoms with Gasteiger partial charge in [0.1, 0.15) is 0 Å². The van der Waals surface area contributed by atoms with Gasteiger partial charge in [0.15, 0.2) is 0 Å². The van der Waals surface area contributed by atoms with E-state index >= 15 is 0 Å². The Morgan fingerprint density at radius 2 is 1.83 bits per heavy atom. The number of carbonyl (C=O) groups is 2. The van der Waals surface area contributed by atoms with E-state index in [0.717, 1.165) is 0 Å². The fraction of sp³-hybridized carbons (Fsp3) is 0.833. The highest BCUT2D eigenvalue weighted by Gasteiger charge is 2.38. The highest BCUT2D eigenvalue weighted by atomic mass is 19.3. The molecule has 1 rings (SSSR count). The Morgan fingerprint density at radius 1 is 1.33 bits per heavy atom. The molecule has 18 heavy (non-hydrogen) atoms. The van der Waals surface area contributed by atoms with Crippen LogP contribution in [0.5, 0.6) is 0 Å². The SMILES string of the molecule is CC(C)(CC(=O)O)NC(=O)C1CCC(F)(F)CC1. The zero-order chi connectivity index (χ0) is 14.0. The van der Waals surface area contributed by atoms with E-state index < -0.39 is 23.3 Å². The first-order valence-corrected chi connectivity index (χ1v) is 6.03. The third-order valence-corrected chi connectivity index (χ3v) is 3.14. The van der Waals surface area contributed by atoms with Gasteiger partial charge in [-0.05, 0) is 26.7 Å². The Kier molecular flexibility index (Phi) is 4.29. The highest BCUT2D eigenvalue weighted by molar-refractivity contribution is 5.80. The van der Waals surface area contributed by atoms with Gasteiger partial charge in [0.25, 0.3) is 0 Å². The number of hydrogen-bond acceptors (Lipinski definition) is 2. The van der Waals surface area contributed by atoms with Gasteiger partial charge in [0.05, 0.1) is 6.42 Å². The van der Waals surface area contributed by atoms with Crippen LogP contribution in [0.25, 0.3) is 0 Å². The number of aliphatic carboxylic acids is 1. The van der Waals surface area contributed by atoms with Crippen LogP contribution in [0.2, 0.25) is 0 Å². The molecule has 0 unspecified atom stereocenters. The van der Waals surface area contributed by atoms with Crippen LogP contribution in [0.3, 0.4) is 0 Å². The van der Waals surface area contributed by atoms with E-state index in [1.165, 1.54) is 0 Å². The molecule has 0 aromatic carbocycles.